The number of hydrogen-bond donors (Lipinski definition) is 0. The van der Waals surface area contributed by atoms with Crippen molar-refractivity contribution in [1.29, 1.82) is 0 Å². The van der Waals surface area contributed by atoms with Crippen LogP contribution in [-0.2, 0) is 11.8 Å². The fourth-order valence-electron chi connectivity index (χ4n) is 4.92. The van der Waals surface area contributed by atoms with Crippen molar-refractivity contribution in [2.75, 3.05) is 0 Å². The molecule has 3 aromatic rings. The molecule has 2 aromatic carbocycles. The number of nitrogens with zero attached hydrogens (tertiary/aromatic N) is 2. The van der Waals surface area contributed by atoms with Gasteiger partial charge in [0.05, 0.1) is 16.9 Å². The second-order valence-corrected chi connectivity index (χ2v) is 7.65. The maximum absolute atomic E-state index is 13.6. The van der Waals surface area contributed by atoms with Crippen molar-refractivity contribution in [3.05, 3.63) is 82.4 Å². The minimum Gasteiger partial charge on any atom is -0.269 e. The number of fused-ring (bicyclic) bond motifs is 4. The van der Waals surface area contributed by atoms with E-state index < -0.39 is 0 Å². The van der Waals surface area contributed by atoms with Crippen LogP contribution in [0.1, 0.15) is 43.2 Å². The summed E-state index contributed by atoms with van der Waals surface area (Å²) in [5.41, 5.74) is 5.27. The second kappa shape index (κ2) is 5.94. The van der Waals surface area contributed by atoms with Gasteiger partial charge in [-0.1, -0.05) is 61.7 Å². The average Bonchev–Trinajstić information content (AvgIpc) is 2.69. The summed E-state index contributed by atoms with van der Waals surface area (Å²) in [5.74, 6) is 0. The molecule has 5 rings (SSSR count). The van der Waals surface area contributed by atoms with Crippen LogP contribution in [0.4, 0.5) is 0 Å². The quantitative estimate of drug-likeness (QED) is 0.645. The molecule has 0 atom stereocenters. The van der Waals surface area contributed by atoms with Gasteiger partial charge in [0.15, 0.2) is 0 Å². The standard InChI is InChI=1S/C23H22N2O/c26-22-20-21(24-16-25(22)18-10-3-1-4-11-18)19-12-6-5-9-17(19)15-23(20)13-7-2-8-14-23/h1,3-6,9-12,16H,2,7-8,13-15H2. The van der Waals surface area contributed by atoms with E-state index in [-0.39, 0.29) is 11.0 Å². The molecule has 0 amide bonds. The van der Waals surface area contributed by atoms with Crippen LogP contribution in [0.25, 0.3) is 16.9 Å². The number of hydrogen-bond acceptors (Lipinski definition) is 2. The summed E-state index contributed by atoms with van der Waals surface area (Å²) in [7, 11) is 0. The van der Waals surface area contributed by atoms with Crippen LogP contribution in [0, 0.1) is 0 Å². The lowest BCUT2D eigenvalue weighted by atomic mass is 9.62. The Balaban J connectivity index is 1.80. The van der Waals surface area contributed by atoms with E-state index >= 15 is 0 Å². The normalized spacial score (nSPS) is 17.5. The Bertz CT molecular complexity index is 1010. The first-order valence-electron chi connectivity index (χ1n) is 9.54. The molecule has 1 heterocycles. The summed E-state index contributed by atoms with van der Waals surface area (Å²) in [5, 5.41) is 0. The van der Waals surface area contributed by atoms with Gasteiger partial charge >= 0.3 is 0 Å². The Labute approximate surface area is 153 Å². The van der Waals surface area contributed by atoms with E-state index in [1.165, 1.54) is 24.8 Å². The number of aromatic nitrogens is 2. The Kier molecular flexibility index (Phi) is 3.56. The molecule has 1 saturated carbocycles. The molecule has 3 heteroatoms. The van der Waals surface area contributed by atoms with Crippen LogP contribution in [0.15, 0.2) is 65.7 Å². The third-order valence-electron chi connectivity index (χ3n) is 6.15. The fraction of sp³-hybridized carbons (Fsp3) is 0.304. The van der Waals surface area contributed by atoms with Gasteiger partial charge < -0.3 is 0 Å². The number of benzene rings is 2. The third-order valence-corrected chi connectivity index (χ3v) is 6.15. The number of rotatable bonds is 1. The van der Waals surface area contributed by atoms with Crippen molar-refractivity contribution in [3.63, 3.8) is 0 Å². The van der Waals surface area contributed by atoms with Gasteiger partial charge in [-0.15, -0.1) is 0 Å². The molecule has 1 spiro atoms. The predicted octanol–water partition coefficient (Wildman–Crippen LogP) is 4.66. The molecule has 0 aliphatic heterocycles. The largest absolute Gasteiger partial charge is 0.269 e. The molecule has 0 saturated heterocycles. The van der Waals surface area contributed by atoms with Gasteiger partial charge in [0.25, 0.3) is 5.56 Å². The molecule has 1 fully saturated rings. The van der Waals surface area contributed by atoms with Gasteiger partial charge in [0.1, 0.15) is 6.33 Å². The van der Waals surface area contributed by atoms with Gasteiger partial charge in [-0.3, -0.25) is 9.36 Å². The van der Waals surface area contributed by atoms with Crippen molar-refractivity contribution in [2.24, 2.45) is 0 Å². The molecule has 0 bridgehead atoms. The first kappa shape index (κ1) is 15.6. The van der Waals surface area contributed by atoms with Gasteiger partial charge in [0, 0.05) is 11.0 Å². The van der Waals surface area contributed by atoms with E-state index in [0.717, 1.165) is 41.8 Å². The second-order valence-electron chi connectivity index (χ2n) is 7.65. The SMILES string of the molecule is O=c1c2c(ncn1-c1ccccc1)-c1ccccc1CC21CCCCC1. The van der Waals surface area contributed by atoms with E-state index in [1.54, 1.807) is 10.9 Å². The summed E-state index contributed by atoms with van der Waals surface area (Å²) in [6.45, 7) is 0. The Hall–Kier alpha value is -2.68. The highest BCUT2D eigenvalue weighted by molar-refractivity contribution is 5.71. The zero-order valence-corrected chi connectivity index (χ0v) is 14.8. The Morgan fingerprint density at radius 2 is 1.62 bits per heavy atom. The highest BCUT2D eigenvalue weighted by Gasteiger charge is 2.42. The highest BCUT2D eigenvalue weighted by atomic mass is 16.1. The lowest BCUT2D eigenvalue weighted by Crippen LogP contribution is -2.42. The van der Waals surface area contributed by atoms with Crippen molar-refractivity contribution in [3.8, 4) is 16.9 Å². The molecule has 26 heavy (non-hydrogen) atoms. The molecule has 3 nitrogen and oxygen atoms in total. The highest BCUT2D eigenvalue weighted by Crippen LogP contribution is 2.48. The topological polar surface area (TPSA) is 34.9 Å². The lowest BCUT2D eigenvalue weighted by molar-refractivity contribution is 0.284. The minimum absolute atomic E-state index is 0.0518. The summed E-state index contributed by atoms with van der Waals surface area (Å²) in [4.78, 5) is 18.4. The van der Waals surface area contributed by atoms with Gasteiger partial charge in [-0.05, 0) is 37.0 Å². The Morgan fingerprint density at radius 1 is 0.885 bits per heavy atom. The van der Waals surface area contributed by atoms with Crippen molar-refractivity contribution < 1.29 is 0 Å². The van der Waals surface area contributed by atoms with Crippen molar-refractivity contribution in [2.45, 2.75) is 43.9 Å². The molecular weight excluding hydrogens is 320 g/mol. The first-order valence-corrected chi connectivity index (χ1v) is 9.54. The maximum Gasteiger partial charge on any atom is 0.262 e. The molecule has 2 aliphatic rings. The van der Waals surface area contributed by atoms with Crippen LogP contribution in [-0.4, -0.2) is 9.55 Å². The molecule has 2 aliphatic carbocycles. The van der Waals surface area contributed by atoms with E-state index in [2.05, 4.69) is 18.2 Å². The first-order chi connectivity index (χ1) is 12.8. The zero-order valence-electron chi connectivity index (χ0n) is 14.8. The molecular formula is C23H22N2O. The molecule has 0 radical (unpaired) electrons. The van der Waals surface area contributed by atoms with Crippen LogP contribution in [0.2, 0.25) is 0 Å². The molecule has 0 unspecified atom stereocenters. The maximum atomic E-state index is 13.6. The molecule has 0 N–H and O–H groups in total. The van der Waals surface area contributed by atoms with Crippen molar-refractivity contribution >= 4 is 0 Å². The monoisotopic (exact) mass is 342 g/mol. The number of para-hydroxylation sites is 1. The van der Waals surface area contributed by atoms with E-state index in [0.29, 0.717) is 0 Å². The summed E-state index contributed by atoms with van der Waals surface area (Å²) < 4.78 is 1.73. The van der Waals surface area contributed by atoms with Crippen molar-refractivity contribution in [1.82, 2.24) is 9.55 Å². The van der Waals surface area contributed by atoms with E-state index in [4.69, 9.17) is 4.98 Å². The third kappa shape index (κ3) is 2.27. The summed E-state index contributed by atoms with van der Waals surface area (Å²) in [6.07, 6.45) is 8.50. The van der Waals surface area contributed by atoms with Crippen LogP contribution in [0.3, 0.4) is 0 Å². The van der Waals surface area contributed by atoms with Crippen LogP contribution >= 0.6 is 0 Å². The summed E-state index contributed by atoms with van der Waals surface area (Å²) >= 11 is 0. The zero-order chi connectivity index (χ0) is 17.6. The minimum atomic E-state index is -0.0518. The Morgan fingerprint density at radius 3 is 2.42 bits per heavy atom. The molecule has 130 valence electrons. The summed E-state index contributed by atoms with van der Waals surface area (Å²) in [6, 6.07) is 18.3. The molecule has 1 aromatic heterocycles. The fourth-order valence-corrected chi connectivity index (χ4v) is 4.92. The predicted molar refractivity (Wildman–Crippen MR) is 104 cm³/mol. The van der Waals surface area contributed by atoms with E-state index in [9.17, 15) is 4.79 Å². The average molecular weight is 342 g/mol. The van der Waals surface area contributed by atoms with Gasteiger partial charge in [-0.2, -0.15) is 0 Å². The lowest BCUT2D eigenvalue weighted by Gasteiger charge is -2.41. The smallest absolute Gasteiger partial charge is 0.262 e. The van der Waals surface area contributed by atoms with E-state index in [1.807, 2.05) is 36.4 Å². The van der Waals surface area contributed by atoms with Crippen LogP contribution in [0.5, 0.6) is 0 Å². The van der Waals surface area contributed by atoms with Gasteiger partial charge in [0.2, 0.25) is 0 Å². The van der Waals surface area contributed by atoms with Gasteiger partial charge in [-0.25, -0.2) is 4.98 Å². The van der Waals surface area contributed by atoms with Crippen LogP contribution < -0.4 is 5.56 Å².